The van der Waals surface area contributed by atoms with Crippen LogP contribution in [0.5, 0.6) is 0 Å². The maximum Gasteiger partial charge on any atom is 0.179 e. The second-order valence-electron chi connectivity index (χ2n) is 3.07. The topological polar surface area (TPSA) is 38.7 Å². The van der Waals surface area contributed by atoms with Crippen molar-refractivity contribution in [2.75, 3.05) is 0 Å². The molecule has 0 unspecified atom stereocenters. The molecule has 0 fully saturated rings. The molecule has 0 amide bonds. The number of rotatable bonds is 1. The molecule has 0 aromatic carbocycles. The van der Waals surface area contributed by atoms with Gasteiger partial charge in [-0.05, 0) is 25.1 Å². The molecule has 3 nitrogen and oxygen atoms in total. The standard InChI is InChI=1S/C12H9N3/c1-3-10-5-4-7-13-11(10)12-14-8-6-9(2)15-12/h1,4-8H,2H3. The molecule has 2 heterocycles. The average molecular weight is 195 g/mol. The van der Waals surface area contributed by atoms with E-state index >= 15 is 0 Å². The van der Waals surface area contributed by atoms with E-state index in [1.165, 1.54) is 0 Å². The molecule has 2 rings (SSSR count). The first kappa shape index (κ1) is 9.35. The van der Waals surface area contributed by atoms with Gasteiger partial charge in [-0.15, -0.1) is 6.42 Å². The van der Waals surface area contributed by atoms with E-state index in [-0.39, 0.29) is 0 Å². The fraction of sp³-hybridized carbons (Fsp3) is 0.0833. The zero-order valence-corrected chi connectivity index (χ0v) is 8.31. The Morgan fingerprint density at radius 2 is 2.07 bits per heavy atom. The third kappa shape index (κ3) is 1.84. The molecule has 0 atom stereocenters. The highest BCUT2D eigenvalue weighted by Crippen LogP contribution is 2.15. The molecule has 0 aliphatic rings. The second-order valence-corrected chi connectivity index (χ2v) is 3.07. The molecule has 0 aliphatic carbocycles. The van der Waals surface area contributed by atoms with Crippen LogP contribution in [-0.4, -0.2) is 15.0 Å². The normalized spacial score (nSPS) is 9.60. The lowest BCUT2D eigenvalue weighted by molar-refractivity contribution is 1.09. The zero-order chi connectivity index (χ0) is 10.7. The van der Waals surface area contributed by atoms with E-state index in [0.717, 1.165) is 5.69 Å². The van der Waals surface area contributed by atoms with Crippen LogP contribution in [0.4, 0.5) is 0 Å². The lowest BCUT2D eigenvalue weighted by atomic mass is 10.2. The summed E-state index contributed by atoms with van der Waals surface area (Å²) in [7, 11) is 0. The predicted octanol–water partition coefficient (Wildman–Crippen LogP) is 1.83. The maximum atomic E-state index is 5.38. The third-order valence-electron chi connectivity index (χ3n) is 1.97. The van der Waals surface area contributed by atoms with Crippen molar-refractivity contribution >= 4 is 0 Å². The van der Waals surface area contributed by atoms with Crippen molar-refractivity contribution in [3.05, 3.63) is 41.9 Å². The fourth-order valence-corrected chi connectivity index (χ4v) is 1.26. The highest BCUT2D eigenvalue weighted by Gasteiger charge is 2.06. The molecule has 72 valence electrons. The van der Waals surface area contributed by atoms with Crippen molar-refractivity contribution < 1.29 is 0 Å². The summed E-state index contributed by atoms with van der Waals surface area (Å²) in [6, 6.07) is 5.46. The summed E-state index contributed by atoms with van der Waals surface area (Å²) >= 11 is 0. The average Bonchev–Trinajstić information content (AvgIpc) is 2.29. The van der Waals surface area contributed by atoms with Crippen LogP contribution in [0.2, 0.25) is 0 Å². The van der Waals surface area contributed by atoms with E-state index in [1.54, 1.807) is 18.5 Å². The molecule has 0 saturated heterocycles. The van der Waals surface area contributed by atoms with Gasteiger partial charge in [0.05, 0.1) is 5.56 Å². The van der Waals surface area contributed by atoms with Gasteiger partial charge in [0.15, 0.2) is 5.82 Å². The number of pyridine rings is 1. The predicted molar refractivity (Wildman–Crippen MR) is 57.9 cm³/mol. The van der Waals surface area contributed by atoms with Gasteiger partial charge in [0.1, 0.15) is 5.69 Å². The molecular formula is C12H9N3. The Bertz CT molecular complexity index is 526. The van der Waals surface area contributed by atoms with Crippen LogP contribution in [0.25, 0.3) is 11.5 Å². The third-order valence-corrected chi connectivity index (χ3v) is 1.97. The number of aromatic nitrogens is 3. The van der Waals surface area contributed by atoms with Crippen LogP contribution < -0.4 is 0 Å². The molecule has 2 aromatic heterocycles. The lowest BCUT2D eigenvalue weighted by Crippen LogP contribution is -1.95. The summed E-state index contributed by atoms with van der Waals surface area (Å²) in [4.78, 5) is 12.6. The van der Waals surface area contributed by atoms with Gasteiger partial charge >= 0.3 is 0 Å². The Morgan fingerprint density at radius 1 is 1.20 bits per heavy atom. The van der Waals surface area contributed by atoms with Crippen LogP contribution in [0.15, 0.2) is 30.6 Å². The quantitative estimate of drug-likeness (QED) is 0.651. The van der Waals surface area contributed by atoms with Crippen LogP contribution in [0.1, 0.15) is 11.3 Å². The summed E-state index contributed by atoms with van der Waals surface area (Å²) in [6.45, 7) is 1.91. The summed E-state index contributed by atoms with van der Waals surface area (Å²) in [5.41, 5.74) is 2.26. The fourth-order valence-electron chi connectivity index (χ4n) is 1.26. The highest BCUT2D eigenvalue weighted by atomic mass is 14.9. The van der Waals surface area contributed by atoms with E-state index in [1.807, 2.05) is 19.1 Å². The number of aryl methyl sites for hydroxylation is 1. The lowest BCUT2D eigenvalue weighted by Gasteiger charge is -2.01. The Morgan fingerprint density at radius 3 is 2.80 bits per heavy atom. The Labute approximate surface area is 88.2 Å². The van der Waals surface area contributed by atoms with Crippen molar-refractivity contribution in [1.82, 2.24) is 15.0 Å². The molecule has 15 heavy (non-hydrogen) atoms. The van der Waals surface area contributed by atoms with E-state index in [2.05, 4.69) is 20.9 Å². The molecule has 0 aliphatic heterocycles. The monoisotopic (exact) mass is 195 g/mol. The van der Waals surface area contributed by atoms with E-state index in [9.17, 15) is 0 Å². The van der Waals surface area contributed by atoms with E-state index < -0.39 is 0 Å². The molecule has 0 N–H and O–H groups in total. The van der Waals surface area contributed by atoms with Crippen molar-refractivity contribution in [1.29, 1.82) is 0 Å². The van der Waals surface area contributed by atoms with Gasteiger partial charge in [0.2, 0.25) is 0 Å². The smallest absolute Gasteiger partial charge is 0.179 e. The van der Waals surface area contributed by atoms with E-state index in [4.69, 9.17) is 6.42 Å². The molecule has 0 radical (unpaired) electrons. The minimum atomic E-state index is 0.573. The Kier molecular flexibility index (Phi) is 2.42. The first-order chi connectivity index (χ1) is 7.31. The van der Waals surface area contributed by atoms with Crippen LogP contribution in [-0.2, 0) is 0 Å². The summed E-state index contributed by atoms with van der Waals surface area (Å²) in [5, 5.41) is 0. The minimum absolute atomic E-state index is 0.573. The van der Waals surface area contributed by atoms with Crippen molar-refractivity contribution in [2.45, 2.75) is 6.92 Å². The van der Waals surface area contributed by atoms with Gasteiger partial charge in [-0.3, -0.25) is 4.98 Å². The van der Waals surface area contributed by atoms with Gasteiger partial charge in [0, 0.05) is 18.1 Å². The number of hydrogen-bond donors (Lipinski definition) is 0. The molecule has 0 saturated carbocycles. The summed E-state index contributed by atoms with van der Waals surface area (Å²) < 4.78 is 0. The van der Waals surface area contributed by atoms with Crippen molar-refractivity contribution in [2.24, 2.45) is 0 Å². The van der Waals surface area contributed by atoms with Crippen molar-refractivity contribution in [3.8, 4) is 23.9 Å². The molecule has 0 spiro atoms. The molecular weight excluding hydrogens is 186 g/mol. The van der Waals surface area contributed by atoms with Crippen LogP contribution in [0.3, 0.4) is 0 Å². The van der Waals surface area contributed by atoms with Gasteiger partial charge in [0.25, 0.3) is 0 Å². The zero-order valence-electron chi connectivity index (χ0n) is 8.31. The Balaban J connectivity index is 2.60. The minimum Gasteiger partial charge on any atom is -0.252 e. The summed E-state index contributed by atoms with van der Waals surface area (Å²) in [5.74, 6) is 3.14. The van der Waals surface area contributed by atoms with E-state index in [0.29, 0.717) is 17.1 Å². The van der Waals surface area contributed by atoms with Gasteiger partial charge < -0.3 is 0 Å². The second kappa shape index (κ2) is 3.89. The Hall–Kier alpha value is -2.21. The first-order valence-corrected chi connectivity index (χ1v) is 4.53. The highest BCUT2D eigenvalue weighted by molar-refractivity contribution is 5.59. The molecule has 3 heteroatoms. The largest absolute Gasteiger partial charge is 0.252 e. The summed E-state index contributed by atoms with van der Waals surface area (Å²) in [6.07, 6.45) is 8.76. The first-order valence-electron chi connectivity index (χ1n) is 4.53. The van der Waals surface area contributed by atoms with Gasteiger partial charge in [-0.25, -0.2) is 9.97 Å². The SMILES string of the molecule is C#Cc1cccnc1-c1nccc(C)n1. The molecule has 0 bridgehead atoms. The van der Waals surface area contributed by atoms with Gasteiger partial charge in [-0.2, -0.15) is 0 Å². The number of terminal acetylenes is 1. The van der Waals surface area contributed by atoms with Crippen molar-refractivity contribution in [3.63, 3.8) is 0 Å². The van der Waals surface area contributed by atoms with Crippen LogP contribution in [0, 0.1) is 19.3 Å². The number of nitrogens with zero attached hydrogens (tertiary/aromatic N) is 3. The number of hydrogen-bond acceptors (Lipinski definition) is 3. The van der Waals surface area contributed by atoms with Gasteiger partial charge in [-0.1, -0.05) is 5.92 Å². The van der Waals surface area contributed by atoms with Crippen LogP contribution >= 0.6 is 0 Å². The molecule has 2 aromatic rings. The maximum absolute atomic E-state index is 5.38.